The quantitative estimate of drug-likeness (QED) is 0.691. The Morgan fingerprint density at radius 2 is 2.00 bits per heavy atom. The van der Waals surface area contributed by atoms with E-state index < -0.39 is 0 Å². The van der Waals surface area contributed by atoms with Gasteiger partial charge in [-0.15, -0.1) is 0 Å². The molecule has 4 rings (SSSR count). The molecule has 28 heavy (non-hydrogen) atoms. The average molecular weight is 380 g/mol. The molecule has 3 heterocycles. The summed E-state index contributed by atoms with van der Waals surface area (Å²) in [6.07, 6.45) is 1.88. The number of H-pyrrole nitrogens is 1. The molecule has 0 atom stereocenters. The van der Waals surface area contributed by atoms with Gasteiger partial charge in [-0.2, -0.15) is 0 Å². The van der Waals surface area contributed by atoms with Crippen LogP contribution in [0.2, 0.25) is 0 Å². The lowest BCUT2D eigenvalue weighted by atomic mass is 9.96. The summed E-state index contributed by atoms with van der Waals surface area (Å²) in [4.78, 5) is 10.3. The minimum Gasteiger partial charge on any atom is -0.492 e. The van der Waals surface area contributed by atoms with Crippen LogP contribution in [0.4, 0.5) is 0 Å². The smallest absolute Gasteiger partial charge is 0.120 e. The maximum absolute atomic E-state index is 6.08. The zero-order valence-corrected chi connectivity index (χ0v) is 17.0. The maximum atomic E-state index is 6.08. The lowest BCUT2D eigenvalue weighted by Gasteiger charge is -2.26. The molecule has 2 aromatic heterocycles. The molecule has 0 spiro atoms. The highest BCUT2D eigenvalue weighted by molar-refractivity contribution is 5.92. The summed E-state index contributed by atoms with van der Waals surface area (Å²) in [7, 11) is 0. The van der Waals surface area contributed by atoms with Crippen molar-refractivity contribution in [1.82, 2.24) is 14.9 Å². The van der Waals surface area contributed by atoms with Crippen molar-refractivity contribution in [2.45, 2.75) is 26.7 Å². The minimum absolute atomic E-state index is 0.404. The second-order valence-electron chi connectivity index (χ2n) is 7.76. The van der Waals surface area contributed by atoms with E-state index in [0.29, 0.717) is 12.5 Å². The molecular weight excluding hydrogens is 350 g/mol. The molecule has 1 fully saturated rings. The summed E-state index contributed by atoms with van der Waals surface area (Å²) < 4.78 is 11.5. The summed E-state index contributed by atoms with van der Waals surface area (Å²) in [6.45, 7) is 11.8. The summed E-state index contributed by atoms with van der Waals surface area (Å²) in [5.41, 5.74) is 5.87. The summed E-state index contributed by atoms with van der Waals surface area (Å²) in [5.74, 6) is 1.33. The number of nitrogens with one attached hydrogen (secondary N) is 1. The van der Waals surface area contributed by atoms with Crippen LogP contribution in [0, 0.1) is 6.92 Å². The van der Waals surface area contributed by atoms with E-state index in [-0.39, 0.29) is 0 Å². The van der Waals surface area contributed by atoms with Crippen LogP contribution in [0.15, 0.2) is 36.5 Å². The zero-order valence-electron chi connectivity index (χ0n) is 17.0. The van der Waals surface area contributed by atoms with Crippen LogP contribution < -0.4 is 4.74 Å². The Kier molecular flexibility index (Phi) is 5.64. The van der Waals surface area contributed by atoms with Crippen LogP contribution in [-0.2, 0) is 4.74 Å². The number of nitrogens with zero attached hydrogens (tertiary/aromatic N) is 2. The molecule has 1 N–H and O–H groups in total. The Bertz CT molecular complexity index is 942. The highest BCUT2D eigenvalue weighted by Gasteiger charge is 2.17. The number of aromatic nitrogens is 2. The molecular formula is C23H29N3O2. The van der Waals surface area contributed by atoms with E-state index in [1.165, 1.54) is 22.2 Å². The van der Waals surface area contributed by atoms with E-state index in [2.05, 4.69) is 59.0 Å². The van der Waals surface area contributed by atoms with Crippen molar-refractivity contribution in [3.63, 3.8) is 0 Å². The van der Waals surface area contributed by atoms with Crippen molar-refractivity contribution in [2.24, 2.45) is 0 Å². The lowest BCUT2D eigenvalue weighted by Crippen LogP contribution is -2.38. The van der Waals surface area contributed by atoms with Crippen molar-refractivity contribution in [3.8, 4) is 17.0 Å². The Morgan fingerprint density at radius 3 is 2.75 bits per heavy atom. The molecule has 1 aliphatic heterocycles. The Balaban J connectivity index is 1.58. The molecule has 3 aromatic rings. The third-order valence-electron chi connectivity index (χ3n) is 5.35. The normalized spacial score (nSPS) is 15.4. The Labute approximate surface area is 166 Å². The summed E-state index contributed by atoms with van der Waals surface area (Å²) in [5, 5.41) is 1.24. The van der Waals surface area contributed by atoms with E-state index in [1.54, 1.807) is 0 Å². The van der Waals surface area contributed by atoms with Crippen molar-refractivity contribution in [2.75, 3.05) is 39.5 Å². The third-order valence-corrected chi connectivity index (χ3v) is 5.35. The van der Waals surface area contributed by atoms with Crippen LogP contribution in [0.1, 0.15) is 31.0 Å². The van der Waals surface area contributed by atoms with Gasteiger partial charge < -0.3 is 14.5 Å². The molecule has 1 aromatic carbocycles. The largest absolute Gasteiger partial charge is 0.492 e. The van der Waals surface area contributed by atoms with Crippen LogP contribution in [0.3, 0.4) is 0 Å². The van der Waals surface area contributed by atoms with Crippen LogP contribution in [-0.4, -0.2) is 54.3 Å². The first-order valence-electron chi connectivity index (χ1n) is 10.1. The predicted octanol–water partition coefficient (Wildman–Crippen LogP) is 4.37. The van der Waals surface area contributed by atoms with Gasteiger partial charge in [-0.05, 0) is 48.7 Å². The zero-order chi connectivity index (χ0) is 19.5. The van der Waals surface area contributed by atoms with E-state index >= 15 is 0 Å². The van der Waals surface area contributed by atoms with Crippen LogP contribution in [0.25, 0.3) is 22.2 Å². The Morgan fingerprint density at radius 1 is 1.18 bits per heavy atom. The maximum Gasteiger partial charge on any atom is 0.120 e. The molecule has 5 nitrogen and oxygen atoms in total. The predicted molar refractivity (Wildman–Crippen MR) is 113 cm³/mol. The number of aryl methyl sites for hydroxylation is 1. The standard InChI is InChI=1S/C23H29N3O2/c1-16(2)22-20-15-19(28-13-10-26-8-11-27-12-9-26)4-5-21(20)25-23(22)18-6-7-24-17(3)14-18/h4-7,14-16,25H,8-13H2,1-3H3. The molecule has 0 aliphatic carbocycles. The highest BCUT2D eigenvalue weighted by atomic mass is 16.5. The lowest BCUT2D eigenvalue weighted by molar-refractivity contribution is 0.0322. The van der Waals surface area contributed by atoms with Gasteiger partial charge in [0.2, 0.25) is 0 Å². The van der Waals surface area contributed by atoms with Gasteiger partial charge in [-0.3, -0.25) is 9.88 Å². The Hall–Kier alpha value is -2.37. The SMILES string of the molecule is Cc1cc(-c2[nH]c3ccc(OCCN4CCOCC4)cc3c2C(C)C)ccn1. The van der Waals surface area contributed by atoms with E-state index in [0.717, 1.165) is 49.8 Å². The number of pyridine rings is 1. The van der Waals surface area contributed by atoms with Crippen molar-refractivity contribution in [1.29, 1.82) is 0 Å². The number of hydrogen-bond acceptors (Lipinski definition) is 4. The molecule has 1 aliphatic rings. The second kappa shape index (κ2) is 8.33. The number of rotatable bonds is 6. The van der Waals surface area contributed by atoms with Gasteiger partial charge in [-0.25, -0.2) is 0 Å². The van der Waals surface area contributed by atoms with Crippen molar-refractivity contribution < 1.29 is 9.47 Å². The highest BCUT2D eigenvalue weighted by Crippen LogP contribution is 2.37. The molecule has 148 valence electrons. The van der Waals surface area contributed by atoms with Gasteiger partial charge in [0.15, 0.2) is 0 Å². The molecule has 1 saturated heterocycles. The second-order valence-corrected chi connectivity index (χ2v) is 7.76. The molecule has 0 bridgehead atoms. The summed E-state index contributed by atoms with van der Waals surface area (Å²) >= 11 is 0. The first-order chi connectivity index (χ1) is 13.6. The fourth-order valence-electron chi connectivity index (χ4n) is 3.93. The number of fused-ring (bicyclic) bond motifs is 1. The van der Waals surface area contributed by atoms with Gasteiger partial charge >= 0.3 is 0 Å². The third kappa shape index (κ3) is 4.05. The minimum atomic E-state index is 0.404. The first-order valence-corrected chi connectivity index (χ1v) is 10.1. The molecule has 0 saturated carbocycles. The summed E-state index contributed by atoms with van der Waals surface area (Å²) in [6, 6.07) is 10.6. The molecule has 0 radical (unpaired) electrons. The van der Waals surface area contributed by atoms with Crippen LogP contribution in [0.5, 0.6) is 5.75 Å². The molecule has 5 heteroatoms. The molecule has 0 unspecified atom stereocenters. The first kappa shape index (κ1) is 19.0. The van der Waals surface area contributed by atoms with Gasteiger partial charge in [0.1, 0.15) is 12.4 Å². The van der Waals surface area contributed by atoms with Gasteiger partial charge in [-0.1, -0.05) is 13.8 Å². The topological polar surface area (TPSA) is 50.4 Å². The van der Waals surface area contributed by atoms with Crippen molar-refractivity contribution >= 4 is 10.9 Å². The number of benzene rings is 1. The van der Waals surface area contributed by atoms with Crippen LogP contribution >= 0.6 is 0 Å². The fraction of sp³-hybridized carbons (Fsp3) is 0.435. The van der Waals surface area contributed by atoms with E-state index in [4.69, 9.17) is 9.47 Å². The number of ether oxygens (including phenoxy) is 2. The van der Waals surface area contributed by atoms with E-state index in [1.807, 2.05) is 13.1 Å². The van der Waals surface area contributed by atoms with Crippen molar-refractivity contribution in [3.05, 3.63) is 47.8 Å². The number of morpholine rings is 1. The number of hydrogen-bond donors (Lipinski definition) is 1. The average Bonchev–Trinajstić information content (AvgIpc) is 3.08. The monoisotopic (exact) mass is 379 g/mol. The number of aromatic amines is 1. The van der Waals surface area contributed by atoms with Gasteiger partial charge in [0.05, 0.1) is 18.9 Å². The molecule has 0 amide bonds. The van der Waals surface area contributed by atoms with Gasteiger partial charge in [0.25, 0.3) is 0 Å². The fourth-order valence-corrected chi connectivity index (χ4v) is 3.93. The van der Waals surface area contributed by atoms with E-state index in [9.17, 15) is 0 Å². The van der Waals surface area contributed by atoms with Gasteiger partial charge in [0, 0.05) is 48.0 Å².